The summed E-state index contributed by atoms with van der Waals surface area (Å²) < 4.78 is 22.5. The van der Waals surface area contributed by atoms with E-state index in [9.17, 15) is 19.5 Å². The summed E-state index contributed by atoms with van der Waals surface area (Å²) in [6.07, 6.45) is 46.4. The highest BCUT2D eigenvalue weighted by Crippen LogP contribution is 2.17. The third-order valence-corrected chi connectivity index (χ3v) is 12.1. The standard InChI is InChI=1S/C53H103NO8/c1-6-8-10-12-14-15-16-17-18-19-20-21-22-23-24-25-26-27-28-29-30-31-32-33-34-35-36-37-38-40-42-44-51(56)62-49(47-60-50(55)43-41-39-13-11-9-7-2)48-61-53(52(57)58)59-46-45-54(3,4)5/h49,53H,6-48H2,1-5H3. The van der Waals surface area contributed by atoms with Gasteiger partial charge in [-0.15, -0.1) is 0 Å². The summed E-state index contributed by atoms with van der Waals surface area (Å²) in [5, 5.41) is 11.7. The van der Waals surface area contributed by atoms with Crippen LogP contribution in [0.4, 0.5) is 0 Å². The van der Waals surface area contributed by atoms with Crippen molar-refractivity contribution in [1.82, 2.24) is 0 Å². The normalized spacial score (nSPS) is 12.7. The molecule has 0 N–H and O–H groups in total. The van der Waals surface area contributed by atoms with Gasteiger partial charge in [0.05, 0.1) is 40.3 Å². The minimum atomic E-state index is -1.61. The zero-order valence-electron chi connectivity index (χ0n) is 41.8. The summed E-state index contributed by atoms with van der Waals surface area (Å²) in [6.45, 7) is 4.71. The van der Waals surface area contributed by atoms with Crippen molar-refractivity contribution in [2.24, 2.45) is 0 Å². The van der Waals surface area contributed by atoms with E-state index < -0.39 is 24.3 Å². The number of carboxylic acids is 1. The number of rotatable bonds is 50. The molecule has 0 aromatic heterocycles. The number of hydrogen-bond donors (Lipinski definition) is 0. The molecule has 0 bridgehead atoms. The van der Waals surface area contributed by atoms with E-state index in [1.165, 1.54) is 193 Å². The molecule has 2 unspecified atom stereocenters. The van der Waals surface area contributed by atoms with Gasteiger partial charge >= 0.3 is 11.9 Å². The van der Waals surface area contributed by atoms with Gasteiger partial charge in [-0.25, -0.2) is 0 Å². The molecule has 0 amide bonds. The molecule has 0 saturated heterocycles. The first-order valence-electron chi connectivity index (χ1n) is 26.7. The first-order valence-corrected chi connectivity index (χ1v) is 26.7. The fraction of sp³-hybridized carbons (Fsp3) is 0.943. The van der Waals surface area contributed by atoms with E-state index in [2.05, 4.69) is 13.8 Å². The van der Waals surface area contributed by atoms with E-state index in [-0.39, 0.29) is 32.2 Å². The Hall–Kier alpha value is -1.71. The molecule has 0 aromatic carbocycles. The number of esters is 2. The number of carbonyl (C=O) groups excluding carboxylic acids is 3. The van der Waals surface area contributed by atoms with Crippen LogP contribution in [-0.2, 0) is 33.3 Å². The highest BCUT2D eigenvalue weighted by Gasteiger charge is 2.22. The zero-order valence-corrected chi connectivity index (χ0v) is 41.8. The highest BCUT2D eigenvalue weighted by atomic mass is 16.7. The van der Waals surface area contributed by atoms with Crippen LogP contribution >= 0.6 is 0 Å². The predicted octanol–water partition coefficient (Wildman–Crippen LogP) is 13.5. The number of ether oxygens (including phenoxy) is 4. The SMILES string of the molecule is CCCCCCCCCCCCCCCCCCCCCCCCCCCCCCCCCC(=O)OC(COC(=O)CCCCCCCC)COC(OCC[N+](C)(C)C)C(=O)[O-]. The number of carboxylic acid groups (broad SMARTS) is 1. The van der Waals surface area contributed by atoms with E-state index in [1.807, 2.05) is 21.1 Å². The van der Waals surface area contributed by atoms with Gasteiger partial charge in [0.2, 0.25) is 0 Å². The number of hydrogen-bond acceptors (Lipinski definition) is 8. The Morgan fingerprint density at radius 1 is 0.419 bits per heavy atom. The number of aliphatic carboxylic acids is 1. The van der Waals surface area contributed by atoms with Gasteiger partial charge in [-0.05, 0) is 12.8 Å². The molecule has 0 saturated carbocycles. The van der Waals surface area contributed by atoms with E-state index >= 15 is 0 Å². The van der Waals surface area contributed by atoms with Crippen LogP contribution in [0.2, 0.25) is 0 Å². The Kier molecular flexibility index (Phi) is 44.6. The topological polar surface area (TPSA) is 111 Å². The van der Waals surface area contributed by atoms with Crippen LogP contribution in [0.15, 0.2) is 0 Å². The second-order valence-electron chi connectivity index (χ2n) is 19.5. The van der Waals surface area contributed by atoms with Gasteiger partial charge in [0.25, 0.3) is 0 Å². The maximum absolute atomic E-state index is 12.7. The van der Waals surface area contributed by atoms with Crippen LogP contribution in [0.1, 0.15) is 264 Å². The summed E-state index contributed by atoms with van der Waals surface area (Å²) in [5.74, 6) is -2.27. The first-order chi connectivity index (χ1) is 30.1. The van der Waals surface area contributed by atoms with Gasteiger partial charge in [0.15, 0.2) is 12.4 Å². The van der Waals surface area contributed by atoms with E-state index in [4.69, 9.17) is 18.9 Å². The molecule has 0 spiro atoms. The summed E-state index contributed by atoms with van der Waals surface area (Å²) in [4.78, 5) is 36.8. The third-order valence-electron chi connectivity index (χ3n) is 12.1. The molecule has 9 nitrogen and oxygen atoms in total. The summed E-state index contributed by atoms with van der Waals surface area (Å²) in [6, 6.07) is 0. The van der Waals surface area contributed by atoms with Crippen molar-refractivity contribution in [1.29, 1.82) is 0 Å². The minimum Gasteiger partial charge on any atom is -0.545 e. The lowest BCUT2D eigenvalue weighted by atomic mass is 10.0. The van der Waals surface area contributed by atoms with Gasteiger partial charge in [-0.1, -0.05) is 239 Å². The molecular formula is C53H103NO8. The number of carbonyl (C=O) groups is 3. The number of nitrogens with zero attached hydrogens (tertiary/aromatic N) is 1. The van der Waals surface area contributed by atoms with Crippen molar-refractivity contribution in [2.45, 2.75) is 277 Å². The van der Waals surface area contributed by atoms with Gasteiger partial charge in [0.1, 0.15) is 13.2 Å². The zero-order chi connectivity index (χ0) is 45.6. The van der Waals surface area contributed by atoms with Crippen LogP contribution in [0, 0.1) is 0 Å². The quantitative estimate of drug-likeness (QED) is 0.0257. The summed E-state index contributed by atoms with van der Waals surface area (Å²) >= 11 is 0. The van der Waals surface area contributed by atoms with Gasteiger partial charge in [-0.3, -0.25) is 9.59 Å². The summed E-state index contributed by atoms with van der Waals surface area (Å²) in [5.41, 5.74) is 0. The minimum absolute atomic E-state index is 0.152. The molecule has 62 heavy (non-hydrogen) atoms. The Morgan fingerprint density at radius 2 is 0.726 bits per heavy atom. The van der Waals surface area contributed by atoms with E-state index in [0.717, 1.165) is 44.9 Å². The average Bonchev–Trinajstić information content (AvgIpc) is 3.23. The number of likely N-dealkylation sites (N-methyl/N-ethyl adjacent to an activating group) is 1. The smallest absolute Gasteiger partial charge is 0.306 e. The lowest BCUT2D eigenvalue weighted by Crippen LogP contribution is -2.44. The molecule has 0 rings (SSSR count). The largest absolute Gasteiger partial charge is 0.545 e. The van der Waals surface area contributed by atoms with Crippen molar-refractivity contribution in [3.05, 3.63) is 0 Å². The second-order valence-corrected chi connectivity index (χ2v) is 19.5. The van der Waals surface area contributed by atoms with Crippen LogP contribution in [0.3, 0.4) is 0 Å². The molecule has 0 aliphatic heterocycles. The maximum Gasteiger partial charge on any atom is 0.306 e. The molecule has 0 heterocycles. The Balaban J connectivity index is 3.90. The van der Waals surface area contributed by atoms with Crippen molar-refractivity contribution < 1.29 is 42.9 Å². The Bertz CT molecular complexity index is 985. The number of unbranched alkanes of at least 4 members (excludes halogenated alkanes) is 35. The molecule has 9 heteroatoms. The van der Waals surface area contributed by atoms with Gasteiger partial charge in [-0.2, -0.15) is 0 Å². The molecule has 0 aromatic rings. The first kappa shape index (κ1) is 60.3. The van der Waals surface area contributed by atoms with Crippen molar-refractivity contribution >= 4 is 17.9 Å². The van der Waals surface area contributed by atoms with Crippen LogP contribution in [0.25, 0.3) is 0 Å². The lowest BCUT2D eigenvalue weighted by molar-refractivity contribution is -0.870. The van der Waals surface area contributed by atoms with Crippen molar-refractivity contribution in [3.8, 4) is 0 Å². The lowest BCUT2D eigenvalue weighted by Gasteiger charge is -2.26. The summed E-state index contributed by atoms with van der Waals surface area (Å²) in [7, 11) is 5.91. The Morgan fingerprint density at radius 3 is 1.03 bits per heavy atom. The Labute approximate surface area is 383 Å². The average molecular weight is 882 g/mol. The van der Waals surface area contributed by atoms with Crippen molar-refractivity contribution in [3.63, 3.8) is 0 Å². The van der Waals surface area contributed by atoms with E-state index in [1.54, 1.807) is 0 Å². The molecule has 0 fully saturated rings. The fourth-order valence-electron chi connectivity index (χ4n) is 7.95. The van der Waals surface area contributed by atoms with Gasteiger partial charge in [0, 0.05) is 12.8 Å². The van der Waals surface area contributed by atoms with Gasteiger partial charge < -0.3 is 33.3 Å². The highest BCUT2D eigenvalue weighted by molar-refractivity contribution is 5.70. The third kappa shape index (κ3) is 46.3. The molecule has 0 aliphatic carbocycles. The monoisotopic (exact) mass is 882 g/mol. The van der Waals surface area contributed by atoms with Crippen LogP contribution < -0.4 is 5.11 Å². The molecule has 368 valence electrons. The fourth-order valence-corrected chi connectivity index (χ4v) is 7.95. The predicted molar refractivity (Wildman–Crippen MR) is 256 cm³/mol. The maximum atomic E-state index is 12.7. The van der Waals surface area contributed by atoms with E-state index in [0.29, 0.717) is 17.4 Å². The van der Waals surface area contributed by atoms with Crippen molar-refractivity contribution in [2.75, 3.05) is 47.5 Å². The second kappa shape index (κ2) is 45.8. The molecular weight excluding hydrogens is 779 g/mol. The molecule has 0 aliphatic rings. The van der Waals surface area contributed by atoms with Crippen LogP contribution in [-0.4, -0.2) is 82.3 Å². The molecule has 2 atom stereocenters. The van der Waals surface area contributed by atoms with Crippen LogP contribution in [0.5, 0.6) is 0 Å². The molecule has 0 radical (unpaired) electrons. The number of quaternary nitrogens is 1.